The van der Waals surface area contributed by atoms with Gasteiger partial charge < -0.3 is 14.8 Å². The van der Waals surface area contributed by atoms with Crippen LogP contribution in [0, 0.1) is 6.92 Å². The van der Waals surface area contributed by atoms with E-state index in [1.165, 1.54) is 44.2 Å². The van der Waals surface area contributed by atoms with Gasteiger partial charge >= 0.3 is 0 Å². The van der Waals surface area contributed by atoms with E-state index in [4.69, 9.17) is 0 Å². The molecule has 9 rings (SSSR count). The van der Waals surface area contributed by atoms with Crippen LogP contribution in [0.5, 0.6) is 0 Å². The third kappa shape index (κ3) is 5.84. The van der Waals surface area contributed by atoms with Crippen LogP contribution in [0.4, 0.5) is 22.7 Å². The summed E-state index contributed by atoms with van der Waals surface area (Å²) in [5.41, 5.74) is 15.0. The zero-order valence-electron chi connectivity index (χ0n) is 32.2. The quantitative estimate of drug-likeness (QED) is 0.150. The monoisotopic (exact) mass is 723 g/mol. The molecule has 1 aromatic heterocycles. The molecule has 3 nitrogen and oxygen atoms in total. The molecule has 2 unspecified atom stereocenters. The highest BCUT2D eigenvalue weighted by Crippen LogP contribution is 2.54. The number of nitrogens with one attached hydrogen (secondary N) is 1. The number of aromatic nitrogens is 1. The molecular weight excluding hydrogens is 679 g/mol. The Bertz CT molecular complexity index is 2790. The number of anilines is 4. The Morgan fingerprint density at radius 1 is 0.696 bits per heavy atom. The number of aryl methyl sites for hydroxylation is 1. The SMILES string of the molecule is C=C/C(=C\C=C/C)c1cccc(-n2c3ccccc3c3cc(N(c4ccc5c(c4)C(C)(c4ccccc4)C(c4ccccc4)N5)c4ccccc4C)ccc32)c1. The van der Waals surface area contributed by atoms with Crippen molar-refractivity contribution in [1.82, 2.24) is 4.57 Å². The van der Waals surface area contributed by atoms with Gasteiger partial charge in [-0.1, -0.05) is 140 Å². The largest absolute Gasteiger partial charge is 0.377 e. The van der Waals surface area contributed by atoms with E-state index in [0.717, 1.165) is 39.4 Å². The highest BCUT2D eigenvalue weighted by Gasteiger charge is 2.45. The number of nitrogens with zero attached hydrogens (tertiary/aromatic N) is 2. The first-order valence-electron chi connectivity index (χ1n) is 19.5. The van der Waals surface area contributed by atoms with Gasteiger partial charge in [-0.25, -0.2) is 0 Å². The van der Waals surface area contributed by atoms with Crippen molar-refractivity contribution in [3.63, 3.8) is 0 Å². The first kappa shape index (κ1) is 34.9. The van der Waals surface area contributed by atoms with Gasteiger partial charge in [-0.3, -0.25) is 0 Å². The molecule has 0 bridgehead atoms. The highest BCUT2D eigenvalue weighted by molar-refractivity contribution is 6.10. The van der Waals surface area contributed by atoms with Gasteiger partial charge in [-0.2, -0.15) is 0 Å². The summed E-state index contributed by atoms with van der Waals surface area (Å²) in [5.74, 6) is 0. The molecule has 1 aliphatic heterocycles. The zero-order chi connectivity index (χ0) is 38.2. The first-order chi connectivity index (χ1) is 27.5. The third-order valence-corrected chi connectivity index (χ3v) is 11.6. The number of allylic oxidation sites excluding steroid dienone is 5. The van der Waals surface area contributed by atoms with Crippen LogP contribution in [0.3, 0.4) is 0 Å². The predicted octanol–water partition coefficient (Wildman–Crippen LogP) is 14.2. The maximum Gasteiger partial charge on any atom is 0.0649 e. The average Bonchev–Trinajstić information content (AvgIpc) is 3.74. The van der Waals surface area contributed by atoms with Crippen molar-refractivity contribution in [3.8, 4) is 5.69 Å². The van der Waals surface area contributed by atoms with Gasteiger partial charge in [-0.05, 0) is 115 Å². The maximum atomic E-state index is 4.11. The third-order valence-electron chi connectivity index (χ3n) is 11.6. The molecule has 1 aliphatic rings. The van der Waals surface area contributed by atoms with Crippen LogP contribution in [0.1, 0.15) is 47.7 Å². The fourth-order valence-corrected chi connectivity index (χ4v) is 8.78. The summed E-state index contributed by atoms with van der Waals surface area (Å²) in [6, 6.07) is 62.0. The Hall–Kier alpha value is -6.84. The number of para-hydroxylation sites is 2. The van der Waals surface area contributed by atoms with Crippen LogP contribution in [0.25, 0.3) is 33.1 Å². The number of hydrogen-bond donors (Lipinski definition) is 1. The molecule has 8 aromatic rings. The second kappa shape index (κ2) is 14.4. The Labute approximate surface area is 330 Å². The first-order valence-corrected chi connectivity index (χ1v) is 19.5. The predicted molar refractivity (Wildman–Crippen MR) is 239 cm³/mol. The summed E-state index contributed by atoms with van der Waals surface area (Å²) in [6.45, 7) is 10.7. The van der Waals surface area contributed by atoms with Crippen LogP contribution in [-0.2, 0) is 5.41 Å². The standard InChI is InChI=1S/C53H45N3/c1-5-7-20-38(6-2)40-23-18-26-42(34-40)56-50-29-17-15-27-45(50)46-35-43(31-33-51(46)56)55(49-28-16-14-19-37(49)3)44-30-32-48-47(36-44)53(4,41-24-12-9-13-25-41)52(54-48)39-21-10-8-11-22-39/h5-36,52,54H,2H2,1,3-4H3/b7-5-,38-20+. The van der Waals surface area contributed by atoms with Gasteiger partial charge in [0.15, 0.2) is 0 Å². The van der Waals surface area contributed by atoms with Crippen LogP contribution < -0.4 is 10.2 Å². The lowest BCUT2D eigenvalue weighted by Crippen LogP contribution is -2.30. The molecule has 2 atom stereocenters. The van der Waals surface area contributed by atoms with Crippen molar-refractivity contribution in [3.05, 3.63) is 229 Å². The van der Waals surface area contributed by atoms with E-state index >= 15 is 0 Å². The second-order valence-corrected chi connectivity index (χ2v) is 14.9. The van der Waals surface area contributed by atoms with E-state index in [0.29, 0.717) is 0 Å². The molecule has 3 heteroatoms. The van der Waals surface area contributed by atoms with E-state index in [-0.39, 0.29) is 11.5 Å². The van der Waals surface area contributed by atoms with Crippen LogP contribution in [0.15, 0.2) is 201 Å². The lowest BCUT2D eigenvalue weighted by Gasteiger charge is -2.34. The van der Waals surface area contributed by atoms with Gasteiger partial charge in [0.25, 0.3) is 0 Å². The highest BCUT2D eigenvalue weighted by atomic mass is 15.1. The van der Waals surface area contributed by atoms with Gasteiger partial charge in [0.05, 0.1) is 17.1 Å². The molecule has 0 spiro atoms. The number of fused-ring (bicyclic) bond motifs is 4. The molecule has 56 heavy (non-hydrogen) atoms. The van der Waals surface area contributed by atoms with E-state index in [9.17, 15) is 0 Å². The molecule has 0 saturated carbocycles. The topological polar surface area (TPSA) is 20.2 Å². The van der Waals surface area contributed by atoms with Crippen LogP contribution in [-0.4, -0.2) is 4.57 Å². The second-order valence-electron chi connectivity index (χ2n) is 14.9. The van der Waals surface area contributed by atoms with Crippen molar-refractivity contribution in [2.24, 2.45) is 0 Å². The molecule has 0 radical (unpaired) electrons. The summed E-state index contributed by atoms with van der Waals surface area (Å²) < 4.78 is 2.39. The van der Waals surface area contributed by atoms with Crippen molar-refractivity contribution >= 4 is 50.1 Å². The number of rotatable bonds is 9. The number of hydrogen-bond acceptors (Lipinski definition) is 2. The Kier molecular flexibility index (Phi) is 8.99. The molecule has 0 aliphatic carbocycles. The van der Waals surface area contributed by atoms with Crippen LogP contribution in [0.2, 0.25) is 0 Å². The molecule has 1 N–H and O–H groups in total. The summed E-state index contributed by atoms with van der Waals surface area (Å²) in [7, 11) is 0. The minimum Gasteiger partial charge on any atom is -0.377 e. The Morgan fingerprint density at radius 3 is 2.18 bits per heavy atom. The van der Waals surface area contributed by atoms with Gasteiger partial charge in [0.1, 0.15) is 0 Å². The summed E-state index contributed by atoms with van der Waals surface area (Å²) >= 11 is 0. The molecule has 272 valence electrons. The molecule has 0 amide bonds. The Balaban J connectivity index is 1.23. The summed E-state index contributed by atoms with van der Waals surface area (Å²) in [6.07, 6.45) is 8.15. The molecule has 0 fully saturated rings. The summed E-state index contributed by atoms with van der Waals surface area (Å²) in [5, 5.41) is 6.37. The minimum absolute atomic E-state index is 0.0744. The minimum atomic E-state index is -0.315. The van der Waals surface area contributed by atoms with E-state index < -0.39 is 0 Å². The average molecular weight is 724 g/mol. The van der Waals surface area contributed by atoms with Crippen LogP contribution >= 0.6 is 0 Å². The lowest BCUT2D eigenvalue weighted by molar-refractivity contribution is 0.514. The lowest BCUT2D eigenvalue weighted by atomic mass is 9.71. The van der Waals surface area contributed by atoms with Gasteiger partial charge in [-0.15, -0.1) is 0 Å². The zero-order valence-corrected chi connectivity index (χ0v) is 32.2. The van der Waals surface area contributed by atoms with E-state index in [2.05, 4.69) is 217 Å². The van der Waals surface area contributed by atoms with Crippen molar-refractivity contribution in [1.29, 1.82) is 0 Å². The fourth-order valence-electron chi connectivity index (χ4n) is 8.78. The summed E-state index contributed by atoms with van der Waals surface area (Å²) in [4.78, 5) is 2.44. The molecular formula is C53H45N3. The molecule has 0 saturated heterocycles. The molecule has 7 aromatic carbocycles. The van der Waals surface area contributed by atoms with Gasteiger partial charge in [0.2, 0.25) is 0 Å². The normalized spacial score (nSPS) is 16.6. The van der Waals surface area contributed by atoms with Crippen molar-refractivity contribution in [2.45, 2.75) is 32.2 Å². The smallest absolute Gasteiger partial charge is 0.0649 e. The fraction of sp³-hybridized carbons (Fsp3) is 0.0943. The van der Waals surface area contributed by atoms with Crippen molar-refractivity contribution < 1.29 is 0 Å². The molecule has 2 heterocycles. The Morgan fingerprint density at radius 2 is 1.39 bits per heavy atom. The van der Waals surface area contributed by atoms with E-state index in [1.807, 2.05) is 19.1 Å². The maximum absolute atomic E-state index is 4.11. The van der Waals surface area contributed by atoms with Gasteiger partial charge in [0, 0.05) is 44.6 Å². The van der Waals surface area contributed by atoms with E-state index in [1.54, 1.807) is 0 Å². The number of benzene rings is 7. The van der Waals surface area contributed by atoms with Crippen molar-refractivity contribution in [2.75, 3.05) is 10.2 Å².